The average molecular weight is 298 g/mol. The van der Waals surface area contributed by atoms with Gasteiger partial charge in [-0.2, -0.15) is 5.26 Å². The summed E-state index contributed by atoms with van der Waals surface area (Å²) in [5.41, 5.74) is 0. The first-order valence-corrected chi connectivity index (χ1v) is 8.19. The van der Waals surface area contributed by atoms with E-state index in [4.69, 9.17) is 11.6 Å². The molecule has 0 bridgehead atoms. The summed E-state index contributed by atoms with van der Waals surface area (Å²) in [6.07, 6.45) is 2.30. The van der Waals surface area contributed by atoms with Gasteiger partial charge in [0.2, 0.25) is 0 Å². The van der Waals surface area contributed by atoms with Gasteiger partial charge in [0.05, 0.1) is 16.0 Å². The normalized spacial score (nSPS) is 27.7. The van der Waals surface area contributed by atoms with Crippen LogP contribution in [0.15, 0.2) is 29.2 Å². The molecule has 0 aromatic heterocycles. The molecule has 1 fully saturated rings. The molecule has 102 valence electrons. The van der Waals surface area contributed by atoms with Crippen LogP contribution in [0.3, 0.4) is 0 Å². The number of hydrogen-bond acceptors (Lipinski definition) is 3. The van der Waals surface area contributed by atoms with E-state index < -0.39 is 14.6 Å². The summed E-state index contributed by atoms with van der Waals surface area (Å²) in [4.78, 5) is 0.0766. The predicted octanol–water partition coefficient (Wildman–Crippen LogP) is 3.59. The molecule has 1 aliphatic carbocycles. The fourth-order valence-corrected chi connectivity index (χ4v) is 4.88. The first-order valence-electron chi connectivity index (χ1n) is 6.33. The molecular weight excluding hydrogens is 282 g/mol. The van der Waals surface area contributed by atoms with Crippen molar-refractivity contribution >= 4 is 21.4 Å². The standard InChI is InChI=1S/C14H16ClNO2S/c1-11-6-8-14(10-16,9-7-11)19(17,18)13-5-3-2-4-12(13)15/h2-5,11H,6-9H2,1H3. The zero-order valence-corrected chi connectivity index (χ0v) is 12.3. The molecule has 5 heteroatoms. The van der Waals surface area contributed by atoms with Crippen LogP contribution < -0.4 is 0 Å². The zero-order chi connectivity index (χ0) is 14.1. The molecule has 19 heavy (non-hydrogen) atoms. The summed E-state index contributed by atoms with van der Waals surface area (Å²) in [5, 5.41) is 9.63. The van der Waals surface area contributed by atoms with Gasteiger partial charge in [0.1, 0.15) is 0 Å². The predicted molar refractivity (Wildman–Crippen MR) is 74.6 cm³/mol. The molecule has 0 atom stereocenters. The molecule has 3 nitrogen and oxygen atoms in total. The minimum atomic E-state index is -3.72. The van der Waals surface area contributed by atoms with Crippen LogP contribution >= 0.6 is 11.6 Å². The lowest BCUT2D eigenvalue weighted by Crippen LogP contribution is -2.40. The number of rotatable bonds is 2. The molecule has 0 amide bonds. The highest BCUT2D eigenvalue weighted by Gasteiger charge is 2.47. The highest BCUT2D eigenvalue weighted by molar-refractivity contribution is 7.93. The fraction of sp³-hybridized carbons (Fsp3) is 0.500. The molecule has 1 aromatic carbocycles. The van der Waals surface area contributed by atoms with E-state index >= 15 is 0 Å². The van der Waals surface area contributed by atoms with Gasteiger partial charge in [0, 0.05) is 0 Å². The maximum absolute atomic E-state index is 12.8. The van der Waals surface area contributed by atoms with Crippen molar-refractivity contribution in [1.29, 1.82) is 5.26 Å². The van der Waals surface area contributed by atoms with Gasteiger partial charge < -0.3 is 0 Å². The molecular formula is C14H16ClNO2S. The topological polar surface area (TPSA) is 57.9 Å². The Hall–Kier alpha value is -1.05. The Balaban J connectivity index is 2.50. The van der Waals surface area contributed by atoms with Crippen molar-refractivity contribution in [3.63, 3.8) is 0 Å². The maximum atomic E-state index is 12.8. The van der Waals surface area contributed by atoms with Gasteiger partial charge in [0.15, 0.2) is 14.6 Å². The van der Waals surface area contributed by atoms with E-state index in [2.05, 4.69) is 13.0 Å². The SMILES string of the molecule is CC1CCC(C#N)(S(=O)(=O)c2ccccc2Cl)CC1. The third-order valence-electron chi connectivity index (χ3n) is 3.93. The quantitative estimate of drug-likeness (QED) is 0.838. The number of halogens is 1. The molecule has 0 N–H and O–H groups in total. The summed E-state index contributed by atoms with van der Waals surface area (Å²) in [6, 6.07) is 8.40. The first-order chi connectivity index (χ1) is 8.93. The van der Waals surface area contributed by atoms with Crippen LogP contribution in [0.2, 0.25) is 5.02 Å². The minimum absolute atomic E-state index is 0.0766. The zero-order valence-electron chi connectivity index (χ0n) is 10.8. The van der Waals surface area contributed by atoms with Crippen molar-refractivity contribution in [3.05, 3.63) is 29.3 Å². The van der Waals surface area contributed by atoms with Crippen LogP contribution in [0.25, 0.3) is 0 Å². The average Bonchev–Trinajstić information content (AvgIpc) is 2.40. The van der Waals surface area contributed by atoms with Crippen LogP contribution in [0.5, 0.6) is 0 Å². The van der Waals surface area contributed by atoms with Crippen molar-refractivity contribution in [1.82, 2.24) is 0 Å². The van der Waals surface area contributed by atoms with Crippen molar-refractivity contribution < 1.29 is 8.42 Å². The summed E-state index contributed by atoms with van der Waals surface area (Å²) >= 11 is 5.99. The van der Waals surface area contributed by atoms with Crippen LogP contribution in [0, 0.1) is 17.2 Å². The van der Waals surface area contributed by atoms with Gasteiger partial charge in [-0.15, -0.1) is 0 Å². The second-order valence-corrected chi connectivity index (χ2v) is 7.86. The molecule has 0 saturated heterocycles. The van der Waals surface area contributed by atoms with E-state index in [1.165, 1.54) is 6.07 Å². The number of sulfone groups is 1. The molecule has 1 saturated carbocycles. The second-order valence-electron chi connectivity index (χ2n) is 5.22. The Morgan fingerprint density at radius 1 is 1.32 bits per heavy atom. The van der Waals surface area contributed by atoms with Gasteiger partial charge in [-0.1, -0.05) is 30.7 Å². The summed E-state index contributed by atoms with van der Waals surface area (Å²) in [5.74, 6) is 0.475. The molecule has 2 rings (SSSR count). The molecule has 0 aliphatic heterocycles. The van der Waals surface area contributed by atoms with Gasteiger partial charge in [-0.3, -0.25) is 0 Å². The van der Waals surface area contributed by atoms with E-state index in [-0.39, 0.29) is 9.92 Å². The number of nitrogens with zero attached hydrogens (tertiary/aromatic N) is 1. The largest absolute Gasteiger partial charge is 0.222 e. The smallest absolute Gasteiger partial charge is 0.198 e. The van der Waals surface area contributed by atoms with Gasteiger partial charge in [-0.05, 0) is 43.7 Å². The lowest BCUT2D eigenvalue weighted by molar-refractivity contribution is 0.345. The molecule has 1 aromatic rings. The Labute approximate surface area is 119 Å². The van der Waals surface area contributed by atoms with Gasteiger partial charge in [-0.25, -0.2) is 8.42 Å². The fourth-order valence-electron chi connectivity index (χ4n) is 2.54. The Kier molecular flexibility index (Phi) is 3.89. The number of nitriles is 1. The van der Waals surface area contributed by atoms with Crippen LogP contribution in [-0.2, 0) is 9.84 Å². The van der Waals surface area contributed by atoms with E-state index in [1.807, 2.05) is 0 Å². The highest BCUT2D eigenvalue weighted by atomic mass is 35.5. The van der Waals surface area contributed by atoms with Crippen molar-refractivity contribution in [2.45, 2.75) is 42.2 Å². The summed E-state index contributed by atoms with van der Waals surface area (Å²) in [6.45, 7) is 2.09. The van der Waals surface area contributed by atoms with Crippen molar-refractivity contribution in [3.8, 4) is 6.07 Å². The summed E-state index contributed by atoms with van der Waals surface area (Å²) in [7, 11) is -3.72. The molecule has 0 unspecified atom stereocenters. The van der Waals surface area contributed by atoms with E-state index in [0.29, 0.717) is 18.8 Å². The Morgan fingerprint density at radius 3 is 2.42 bits per heavy atom. The molecule has 1 aliphatic rings. The van der Waals surface area contributed by atoms with Crippen LogP contribution in [-0.4, -0.2) is 13.2 Å². The number of benzene rings is 1. The second kappa shape index (κ2) is 5.15. The van der Waals surface area contributed by atoms with Gasteiger partial charge >= 0.3 is 0 Å². The third-order valence-corrected chi connectivity index (χ3v) is 6.83. The van der Waals surface area contributed by atoms with E-state index in [0.717, 1.165) is 12.8 Å². The molecule has 0 heterocycles. The lowest BCUT2D eigenvalue weighted by Gasteiger charge is -2.33. The Bertz CT molecular complexity index is 611. The maximum Gasteiger partial charge on any atom is 0.198 e. The molecule has 0 radical (unpaired) electrons. The van der Waals surface area contributed by atoms with Crippen molar-refractivity contribution in [2.75, 3.05) is 0 Å². The Morgan fingerprint density at radius 2 is 1.89 bits per heavy atom. The highest BCUT2D eigenvalue weighted by Crippen LogP contribution is 2.41. The van der Waals surface area contributed by atoms with E-state index in [9.17, 15) is 13.7 Å². The van der Waals surface area contributed by atoms with Crippen LogP contribution in [0.1, 0.15) is 32.6 Å². The van der Waals surface area contributed by atoms with Gasteiger partial charge in [0.25, 0.3) is 0 Å². The third kappa shape index (κ3) is 2.37. The minimum Gasteiger partial charge on any atom is -0.222 e. The molecule has 0 spiro atoms. The monoisotopic (exact) mass is 297 g/mol. The first kappa shape index (κ1) is 14.4. The van der Waals surface area contributed by atoms with E-state index in [1.54, 1.807) is 18.2 Å². The van der Waals surface area contributed by atoms with Crippen molar-refractivity contribution in [2.24, 2.45) is 5.92 Å². The number of hydrogen-bond donors (Lipinski definition) is 0. The summed E-state index contributed by atoms with van der Waals surface area (Å²) < 4.78 is 24.2. The van der Waals surface area contributed by atoms with Crippen LogP contribution in [0.4, 0.5) is 0 Å². The lowest BCUT2D eigenvalue weighted by atomic mass is 9.83.